The molecule has 0 radical (unpaired) electrons. The topological polar surface area (TPSA) is 135 Å². The fourth-order valence-corrected chi connectivity index (χ4v) is 6.65. The molecule has 0 unspecified atom stereocenters. The summed E-state index contributed by atoms with van der Waals surface area (Å²) in [6.07, 6.45) is 5.69. The number of rotatable bonds is 14. The molecule has 1 aromatic heterocycles. The summed E-state index contributed by atoms with van der Waals surface area (Å²) >= 11 is 0. The van der Waals surface area contributed by atoms with E-state index in [1.807, 2.05) is 6.92 Å². The maximum absolute atomic E-state index is 15.7. The van der Waals surface area contributed by atoms with E-state index in [4.69, 9.17) is 4.74 Å². The Morgan fingerprint density at radius 3 is 2.26 bits per heavy atom. The smallest absolute Gasteiger partial charge is 0.270 e. The minimum atomic E-state index is -0.927. The third kappa shape index (κ3) is 7.59. The Morgan fingerprint density at radius 1 is 1.00 bits per heavy atom. The van der Waals surface area contributed by atoms with Crippen LogP contribution in [0, 0.1) is 29.5 Å². The number of nitrogens with one attached hydrogen (secondary N) is 3. The number of methoxy groups -OCH3 is 1. The van der Waals surface area contributed by atoms with Crippen molar-refractivity contribution in [2.75, 3.05) is 25.5 Å². The second kappa shape index (κ2) is 14.3. The number of carbonyl (C=O) groups is 4. The van der Waals surface area contributed by atoms with E-state index in [1.165, 1.54) is 19.2 Å². The summed E-state index contributed by atoms with van der Waals surface area (Å²) < 4.78 is 22.4. The average Bonchev–Trinajstić information content (AvgIpc) is 3.97. The maximum atomic E-state index is 15.7. The van der Waals surface area contributed by atoms with Gasteiger partial charge in [0.1, 0.15) is 29.7 Å². The monoisotopic (exact) mass is 638 g/mol. The van der Waals surface area contributed by atoms with E-state index in [0.717, 1.165) is 32.1 Å². The van der Waals surface area contributed by atoms with Crippen molar-refractivity contribution in [3.05, 3.63) is 47.5 Å². The van der Waals surface area contributed by atoms with Gasteiger partial charge in [0, 0.05) is 38.9 Å². The summed E-state index contributed by atoms with van der Waals surface area (Å²) in [5, 5.41) is 12.7. The molecule has 2 saturated carbocycles. The van der Waals surface area contributed by atoms with Gasteiger partial charge in [0.15, 0.2) is 0 Å². The minimum Gasteiger partial charge on any atom is -0.372 e. The number of hydrogen-bond acceptors (Lipinski definition) is 6. The van der Waals surface area contributed by atoms with Crippen LogP contribution in [0.2, 0.25) is 0 Å². The molecule has 1 aliphatic heterocycles. The molecule has 3 fully saturated rings. The first-order valence-corrected chi connectivity index (χ1v) is 16.6. The van der Waals surface area contributed by atoms with Crippen molar-refractivity contribution in [3.63, 3.8) is 0 Å². The summed E-state index contributed by atoms with van der Waals surface area (Å²) in [6.45, 7) is 9.04. The van der Waals surface area contributed by atoms with Crippen LogP contribution in [-0.2, 0) is 25.7 Å². The molecule has 11 nitrogen and oxygen atoms in total. The summed E-state index contributed by atoms with van der Waals surface area (Å²) in [4.78, 5) is 55.3. The van der Waals surface area contributed by atoms with Gasteiger partial charge >= 0.3 is 0 Å². The summed E-state index contributed by atoms with van der Waals surface area (Å²) in [7, 11) is 1.42. The molecule has 3 aliphatic rings. The van der Waals surface area contributed by atoms with Crippen LogP contribution in [0.4, 0.5) is 10.1 Å². The van der Waals surface area contributed by atoms with Gasteiger partial charge in [0.05, 0.1) is 5.69 Å². The number of nitrogens with zero attached hydrogens (tertiary/aromatic N) is 3. The lowest BCUT2D eigenvalue weighted by Gasteiger charge is -2.30. The highest BCUT2D eigenvalue weighted by Gasteiger charge is 2.48. The average molecular weight is 639 g/mol. The summed E-state index contributed by atoms with van der Waals surface area (Å²) in [5.41, 5.74) is 0.852. The Balaban J connectivity index is 1.34. The van der Waals surface area contributed by atoms with E-state index in [2.05, 4.69) is 28.0 Å². The largest absolute Gasteiger partial charge is 0.372 e. The predicted octanol–water partition coefficient (Wildman–Crippen LogP) is 3.71. The third-order valence-corrected chi connectivity index (χ3v) is 9.83. The van der Waals surface area contributed by atoms with Crippen molar-refractivity contribution in [1.29, 1.82) is 0 Å². The van der Waals surface area contributed by atoms with Crippen LogP contribution >= 0.6 is 0 Å². The second-order valence-corrected chi connectivity index (χ2v) is 13.3. The first-order chi connectivity index (χ1) is 22.0. The van der Waals surface area contributed by atoms with E-state index in [0.29, 0.717) is 48.6 Å². The van der Waals surface area contributed by atoms with Crippen molar-refractivity contribution in [2.24, 2.45) is 23.7 Å². The van der Waals surface area contributed by atoms with Crippen LogP contribution in [0.1, 0.15) is 81.8 Å². The van der Waals surface area contributed by atoms with Gasteiger partial charge in [-0.3, -0.25) is 23.9 Å². The van der Waals surface area contributed by atoms with E-state index >= 15 is 4.39 Å². The Bertz CT molecular complexity index is 1430. The molecule has 250 valence electrons. The maximum Gasteiger partial charge on any atom is 0.270 e. The number of aromatic nitrogens is 2. The lowest BCUT2D eigenvalue weighted by atomic mass is 9.88. The Hall–Kier alpha value is -3.80. The van der Waals surface area contributed by atoms with Gasteiger partial charge in [-0.1, -0.05) is 19.9 Å². The van der Waals surface area contributed by atoms with Gasteiger partial charge in [-0.25, -0.2) is 4.39 Å². The molecule has 2 aliphatic carbocycles. The molecule has 5 atom stereocenters. The predicted molar refractivity (Wildman–Crippen MR) is 170 cm³/mol. The highest BCUT2D eigenvalue weighted by Crippen LogP contribution is 2.51. The zero-order valence-electron chi connectivity index (χ0n) is 27.4. The number of hydrogen-bond donors (Lipinski definition) is 3. The zero-order valence-corrected chi connectivity index (χ0v) is 27.4. The second-order valence-electron chi connectivity index (χ2n) is 13.3. The highest BCUT2D eigenvalue weighted by atomic mass is 19.1. The Morgan fingerprint density at radius 2 is 1.70 bits per heavy atom. The van der Waals surface area contributed by atoms with Crippen LogP contribution in [-0.4, -0.2) is 76.7 Å². The molecule has 46 heavy (non-hydrogen) atoms. The molecule has 4 amide bonds. The van der Waals surface area contributed by atoms with Gasteiger partial charge in [-0.2, -0.15) is 5.10 Å². The number of anilines is 1. The summed E-state index contributed by atoms with van der Waals surface area (Å²) in [5.74, 6) is -1.72. The number of halogens is 1. The minimum absolute atomic E-state index is 0.0163. The Kier molecular flexibility index (Phi) is 10.4. The molecule has 12 heteroatoms. The Labute approximate surface area is 270 Å². The lowest BCUT2D eigenvalue weighted by Crippen LogP contribution is -2.52. The fraction of sp³-hybridized carbons (Fsp3) is 0.618. The number of benzene rings is 1. The number of amides is 4. The van der Waals surface area contributed by atoms with Crippen molar-refractivity contribution in [3.8, 4) is 0 Å². The van der Waals surface area contributed by atoms with E-state index in [1.54, 1.807) is 41.8 Å². The van der Waals surface area contributed by atoms with Crippen molar-refractivity contribution >= 4 is 29.3 Å². The number of likely N-dealkylation sites (tertiary alicyclic amines) is 1. The van der Waals surface area contributed by atoms with Crippen molar-refractivity contribution < 1.29 is 28.3 Å². The van der Waals surface area contributed by atoms with Crippen molar-refractivity contribution in [1.82, 2.24) is 25.3 Å². The lowest BCUT2D eigenvalue weighted by molar-refractivity contribution is -0.139. The molecule has 3 N–H and O–H groups in total. The molecular formula is C34H47FN6O5. The molecule has 0 spiro atoms. The molecule has 2 aromatic rings. The van der Waals surface area contributed by atoms with E-state index < -0.39 is 41.7 Å². The zero-order chi connectivity index (χ0) is 33.1. The molecule has 1 aromatic carbocycles. The first kappa shape index (κ1) is 33.6. The van der Waals surface area contributed by atoms with Crippen LogP contribution < -0.4 is 16.0 Å². The van der Waals surface area contributed by atoms with Gasteiger partial charge in [-0.15, -0.1) is 0 Å². The van der Waals surface area contributed by atoms with Crippen LogP contribution in [0.15, 0.2) is 30.5 Å². The molecule has 1 saturated heterocycles. The SMILES string of the molecule is CCn1nccc1C(=O)N[C@H](C(=O)Nc1ccc([C@H](C)[C@@H](NC(=O)[C@H](C)OC)C(=O)N2CC[C@H](C)C2)cc1F)C(C1CC1)C1CC1. The molecule has 5 rings (SSSR count). The van der Waals surface area contributed by atoms with Crippen LogP contribution in [0.3, 0.4) is 0 Å². The molecular weight excluding hydrogens is 591 g/mol. The summed E-state index contributed by atoms with van der Waals surface area (Å²) in [6, 6.07) is 4.31. The van der Waals surface area contributed by atoms with Crippen LogP contribution in [0.25, 0.3) is 0 Å². The van der Waals surface area contributed by atoms with E-state index in [9.17, 15) is 19.2 Å². The normalized spacial score (nSPS) is 20.6. The number of carbonyl (C=O) groups excluding carboxylic acids is 4. The number of ether oxygens (including phenoxy) is 1. The first-order valence-electron chi connectivity index (χ1n) is 16.6. The standard InChI is InChI=1S/C34H47FN6O5/c1-6-41-27(13-15-36-41)32(43)39-30(28(22-7-8-22)23-9-10-23)33(44)37-26-12-11-24(17-25(26)35)20(3)29(38-31(42)21(4)46-5)34(45)40-16-14-19(2)18-40/h11-13,15,17,19-23,28-30H,6-10,14,16,18H2,1-5H3,(H,37,44)(H,38,42)(H,39,43)/t19-,20-,21-,29+,30-/m0/s1. The molecule has 2 heterocycles. The van der Waals surface area contributed by atoms with Gasteiger partial charge in [0.2, 0.25) is 17.7 Å². The third-order valence-electron chi connectivity index (χ3n) is 9.83. The van der Waals surface area contributed by atoms with Crippen LogP contribution in [0.5, 0.6) is 0 Å². The van der Waals surface area contributed by atoms with E-state index in [-0.39, 0.29) is 23.4 Å². The molecule has 0 bridgehead atoms. The highest BCUT2D eigenvalue weighted by molar-refractivity contribution is 6.01. The van der Waals surface area contributed by atoms with Crippen molar-refractivity contribution in [2.45, 2.75) is 90.4 Å². The number of aryl methyl sites for hydroxylation is 1. The van der Waals surface area contributed by atoms with Gasteiger partial charge in [-0.05, 0) is 93.4 Å². The quantitative estimate of drug-likeness (QED) is 0.289. The van der Waals surface area contributed by atoms with Gasteiger partial charge < -0.3 is 25.6 Å². The fourth-order valence-electron chi connectivity index (χ4n) is 6.65. The van der Waals surface area contributed by atoms with Gasteiger partial charge in [0.25, 0.3) is 5.91 Å².